The molecular weight excluding hydrogens is 320 g/mol. The second kappa shape index (κ2) is 10.3. The Balaban J connectivity index is 0.000000260. The zero-order chi connectivity index (χ0) is 19.7. The lowest BCUT2D eigenvalue weighted by molar-refractivity contribution is -0.114. The lowest BCUT2D eigenvalue weighted by Gasteiger charge is -1.97. The van der Waals surface area contributed by atoms with Gasteiger partial charge < -0.3 is 0 Å². The maximum atomic E-state index is 10.9. The smallest absolute Gasteiger partial charge is 0.155 e. The molecule has 0 heterocycles. The van der Waals surface area contributed by atoms with Crippen molar-refractivity contribution >= 4 is 23.7 Å². The maximum Gasteiger partial charge on any atom is 0.155 e. The van der Waals surface area contributed by atoms with E-state index in [1.165, 1.54) is 11.1 Å². The normalized spacial score (nSPS) is 11.5. The number of hydrogen-bond donors (Lipinski definition) is 0. The van der Waals surface area contributed by atoms with E-state index in [2.05, 4.69) is 0 Å². The molecule has 0 radical (unpaired) electrons. The third-order valence-corrected chi connectivity index (χ3v) is 4.03. The summed E-state index contributed by atoms with van der Waals surface area (Å²) < 4.78 is 0. The fourth-order valence-corrected chi connectivity index (χ4v) is 2.03. The first-order valence-electron chi connectivity index (χ1n) is 8.71. The summed E-state index contributed by atoms with van der Waals surface area (Å²) in [5.74, 6) is 0.251. The quantitative estimate of drug-likeness (QED) is 0.637. The molecule has 136 valence electrons. The van der Waals surface area contributed by atoms with Crippen molar-refractivity contribution in [1.82, 2.24) is 0 Å². The van der Waals surface area contributed by atoms with Crippen LogP contribution in [0.4, 0.5) is 0 Å². The highest BCUT2D eigenvalue weighted by atomic mass is 16.1. The average Bonchev–Trinajstić information content (AvgIpc) is 2.59. The van der Waals surface area contributed by atoms with Crippen molar-refractivity contribution in [3.63, 3.8) is 0 Å². The molecule has 0 aliphatic heterocycles. The summed E-state index contributed by atoms with van der Waals surface area (Å²) in [4.78, 5) is 21.9. The summed E-state index contributed by atoms with van der Waals surface area (Å²) in [6.45, 7) is 10.9. The molecule has 0 aliphatic rings. The topological polar surface area (TPSA) is 34.1 Å². The van der Waals surface area contributed by atoms with Gasteiger partial charge in [0, 0.05) is 0 Å². The molecule has 0 saturated heterocycles. The van der Waals surface area contributed by atoms with E-state index in [0.717, 1.165) is 22.3 Å². The van der Waals surface area contributed by atoms with Crippen molar-refractivity contribution in [2.45, 2.75) is 41.5 Å². The number of rotatable bonds is 4. The van der Waals surface area contributed by atoms with Crippen LogP contribution in [0.1, 0.15) is 49.9 Å². The van der Waals surface area contributed by atoms with Gasteiger partial charge in [0.15, 0.2) is 11.6 Å². The number of carbonyl (C=O) groups excluding carboxylic acids is 2. The van der Waals surface area contributed by atoms with Crippen molar-refractivity contribution in [2.24, 2.45) is 0 Å². The highest BCUT2D eigenvalue weighted by Crippen LogP contribution is 2.09. The van der Waals surface area contributed by atoms with Gasteiger partial charge in [-0.05, 0) is 76.0 Å². The molecule has 0 atom stereocenters. The molecule has 0 unspecified atom stereocenters. The molecule has 0 spiro atoms. The predicted molar refractivity (Wildman–Crippen MR) is 111 cm³/mol. The summed E-state index contributed by atoms with van der Waals surface area (Å²) in [6, 6.07) is 16.2. The van der Waals surface area contributed by atoms with Gasteiger partial charge in [-0.1, -0.05) is 59.7 Å². The Morgan fingerprint density at radius 2 is 0.846 bits per heavy atom. The van der Waals surface area contributed by atoms with E-state index < -0.39 is 0 Å². The maximum absolute atomic E-state index is 10.9. The largest absolute Gasteiger partial charge is 0.295 e. The first kappa shape index (κ1) is 21.3. The Morgan fingerprint density at radius 1 is 0.577 bits per heavy atom. The van der Waals surface area contributed by atoms with E-state index in [9.17, 15) is 9.59 Å². The Labute approximate surface area is 157 Å². The van der Waals surface area contributed by atoms with Gasteiger partial charge in [-0.3, -0.25) is 9.59 Å². The van der Waals surface area contributed by atoms with E-state index >= 15 is 0 Å². The van der Waals surface area contributed by atoms with Gasteiger partial charge in [0.1, 0.15) is 0 Å². The Bertz CT molecular complexity index is 733. The summed E-state index contributed by atoms with van der Waals surface area (Å²) in [5, 5.41) is 0. The van der Waals surface area contributed by atoms with Crippen molar-refractivity contribution in [3.05, 3.63) is 81.9 Å². The van der Waals surface area contributed by atoms with E-state index in [0.29, 0.717) is 0 Å². The monoisotopic (exact) mass is 348 g/mol. The highest BCUT2D eigenvalue weighted by Gasteiger charge is 1.96. The van der Waals surface area contributed by atoms with Gasteiger partial charge in [0.25, 0.3) is 0 Å². The SMILES string of the molecule is CC(=O)C(C)=Cc1ccc(C)cc1.CC(=O)C(C)=Cc1ccc(C)cc1. The van der Waals surface area contributed by atoms with Crippen LogP contribution in [0.3, 0.4) is 0 Å². The molecule has 0 amide bonds. The minimum atomic E-state index is 0.126. The number of allylic oxidation sites excluding steroid dienone is 2. The van der Waals surface area contributed by atoms with Gasteiger partial charge in [-0.15, -0.1) is 0 Å². The van der Waals surface area contributed by atoms with Gasteiger partial charge >= 0.3 is 0 Å². The van der Waals surface area contributed by atoms with Gasteiger partial charge in [0.05, 0.1) is 0 Å². The van der Waals surface area contributed by atoms with E-state index in [-0.39, 0.29) is 11.6 Å². The number of aryl methyl sites for hydroxylation is 2. The molecule has 26 heavy (non-hydrogen) atoms. The molecule has 0 bridgehead atoms. The van der Waals surface area contributed by atoms with Crippen molar-refractivity contribution < 1.29 is 9.59 Å². The number of hydrogen-bond acceptors (Lipinski definition) is 2. The fraction of sp³-hybridized carbons (Fsp3) is 0.250. The summed E-state index contributed by atoms with van der Waals surface area (Å²) in [7, 11) is 0. The van der Waals surface area contributed by atoms with Crippen LogP contribution in [0.5, 0.6) is 0 Å². The number of Topliss-reactive ketones (excluding diaryl/α,β-unsaturated/α-hetero) is 2. The molecule has 2 heteroatoms. The lowest BCUT2D eigenvalue weighted by atomic mass is 10.1. The van der Waals surface area contributed by atoms with Gasteiger partial charge in [-0.2, -0.15) is 0 Å². The van der Waals surface area contributed by atoms with Gasteiger partial charge in [-0.25, -0.2) is 0 Å². The summed E-state index contributed by atoms with van der Waals surface area (Å²) >= 11 is 0. The van der Waals surface area contributed by atoms with Crippen molar-refractivity contribution in [1.29, 1.82) is 0 Å². The van der Waals surface area contributed by atoms with Crippen LogP contribution >= 0.6 is 0 Å². The van der Waals surface area contributed by atoms with E-state index in [4.69, 9.17) is 0 Å². The predicted octanol–water partition coefficient (Wildman–Crippen LogP) is 5.97. The second-order valence-corrected chi connectivity index (χ2v) is 6.59. The lowest BCUT2D eigenvalue weighted by Crippen LogP contribution is -1.90. The van der Waals surface area contributed by atoms with Crippen LogP contribution in [0, 0.1) is 13.8 Å². The van der Waals surface area contributed by atoms with Crippen LogP contribution in [-0.4, -0.2) is 11.6 Å². The average molecular weight is 348 g/mol. The van der Waals surface area contributed by atoms with Crippen LogP contribution in [0.2, 0.25) is 0 Å². The number of benzene rings is 2. The molecule has 0 aromatic heterocycles. The van der Waals surface area contributed by atoms with Crippen LogP contribution in [-0.2, 0) is 9.59 Å². The Hall–Kier alpha value is -2.74. The molecule has 0 fully saturated rings. The van der Waals surface area contributed by atoms with Crippen molar-refractivity contribution in [2.75, 3.05) is 0 Å². The molecule has 2 aromatic carbocycles. The highest BCUT2D eigenvalue weighted by molar-refractivity contribution is 5.97. The molecular formula is C24H28O2. The third-order valence-electron chi connectivity index (χ3n) is 4.03. The molecule has 0 aliphatic carbocycles. The molecule has 0 saturated carbocycles. The van der Waals surface area contributed by atoms with Crippen LogP contribution < -0.4 is 0 Å². The molecule has 2 aromatic rings. The number of ketones is 2. The van der Waals surface area contributed by atoms with E-state index in [1.54, 1.807) is 13.8 Å². The standard InChI is InChI=1S/2C12H14O/c2*1-9-4-6-12(7-5-9)8-10(2)11(3)13/h2*4-8H,1-3H3. The molecule has 2 nitrogen and oxygen atoms in total. The zero-order valence-electron chi connectivity index (χ0n) is 16.6. The first-order valence-corrected chi connectivity index (χ1v) is 8.71. The van der Waals surface area contributed by atoms with E-state index in [1.807, 2.05) is 88.4 Å². The minimum Gasteiger partial charge on any atom is -0.295 e. The zero-order valence-corrected chi connectivity index (χ0v) is 16.6. The van der Waals surface area contributed by atoms with Crippen LogP contribution in [0.25, 0.3) is 12.2 Å². The van der Waals surface area contributed by atoms with Crippen LogP contribution in [0.15, 0.2) is 59.7 Å². The number of carbonyl (C=O) groups is 2. The third kappa shape index (κ3) is 7.89. The summed E-state index contributed by atoms with van der Waals surface area (Å²) in [5.41, 5.74) is 6.22. The Morgan fingerprint density at radius 3 is 1.08 bits per heavy atom. The minimum absolute atomic E-state index is 0.126. The van der Waals surface area contributed by atoms with Crippen molar-refractivity contribution in [3.8, 4) is 0 Å². The fourth-order valence-electron chi connectivity index (χ4n) is 2.03. The Kier molecular flexibility index (Phi) is 8.44. The second-order valence-electron chi connectivity index (χ2n) is 6.59. The van der Waals surface area contributed by atoms with Gasteiger partial charge in [0.2, 0.25) is 0 Å². The first-order chi connectivity index (χ1) is 12.2. The molecule has 2 rings (SSSR count). The molecule has 0 N–H and O–H groups in total. The summed E-state index contributed by atoms with van der Waals surface area (Å²) in [6.07, 6.45) is 3.81.